The Hall–Kier alpha value is -0.470. The first kappa shape index (κ1) is 11.6. The average molecular weight is 210 g/mol. The summed E-state index contributed by atoms with van der Waals surface area (Å²) in [5, 5.41) is 9.59. The quantitative estimate of drug-likeness (QED) is 0.752. The highest BCUT2D eigenvalue weighted by molar-refractivity contribution is 8.00. The Balaban J connectivity index is 2.96. The Morgan fingerprint density at radius 3 is 2.29 bits per heavy atom. The van der Waals surface area contributed by atoms with Gasteiger partial charge in [0.05, 0.1) is 6.10 Å². The lowest BCUT2D eigenvalue weighted by Crippen LogP contribution is -2.08. The number of benzene rings is 1. The Labute approximate surface area is 90.5 Å². The minimum absolute atomic E-state index is 0.186. The van der Waals surface area contributed by atoms with Gasteiger partial charge in [-0.15, -0.1) is 11.8 Å². The molecule has 1 unspecified atom stereocenters. The molecule has 0 aliphatic rings. The van der Waals surface area contributed by atoms with E-state index in [4.69, 9.17) is 0 Å². The number of thioether (sulfide) groups is 1. The smallest absolute Gasteiger partial charge is 0.0772 e. The Bertz CT molecular complexity index is 299. The molecular weight excluding hydrogens is 192 g/mol. The lowest BCUT2D eigenvalue weighted by molar-refractivity contribution is 0.196. The molecule has 0 aromatic heterocycles. The van der Waals surface area contributed by atoms with Gasteiger partial charge in [-0.3, -0.25) is 0 Å². The van der Waals surface area contributed by atoms with Gasteiger partial charge >= 0.3 is 0 Å². The topological polar surface area (TPSA) is 20.2 Å². The van der Waals surface area contributed by atoms with Crippen molar-refractivity contribution in [3.63, 3.8) is 0 Å². The van der Waals surface area contributed by atoms with Gasteiger partial charge in [-0.25, -0.2) is 0 Å². The molecule has 0 heterocycles. The van der Waals surface area contributed by atoms with Crippen molar-refractivity contribution in [3.05, 3.63) is 29.8 Å². The monoisotopic (exact) mass is 210 g/mol. The molecule has 1 rings (SSSR count). The third-order valence-corrected chi connectivity index (χ3v) is 2.99. The van der Waals surface area contributed by atoms with Crippen LogP contribution in [0.4, 0.5) is 0 Å². The fourth-order valence-electron chi connectivity index (χ4n) is 1.25. The fourth-order valence-corrected chi connectivity index (χ4v) is 2.41. The van der Waals surface area contributed by atoms with Gasteiger partial charge in [0, 0.05) is 9.64 Å². The van der Waals surface area contributed by atoms with E-state index >= 15 is 0 Å². The molecule has 14 heavy (non-hydrogen) atoms. The maximum atomic E-state index is 9.59. The Morgan fingerprint density at radius 1 is 1.21 bits per heavy atom. The predicted molar refractivity (Wildman–Crippen MR) is 62.7 cm³/mol. The van der Waals surface area contributed by atoms with Crippen molar-refractivity contribution < 1.29 is 5.11 Å². The normalized spacial score (nSPS) is 14.1. The molecule has 0 spiro atoms. The third-order valence-electron chi connectivity index (χ3n) is 1.79. The molecule has 0 fully saturated rings. The summed E-state index contributed by atoms with van der Waals surface area (Å²) >= 11 is 1.80. The molecule has 1 aromatic rings. The highest BCUT2D eigenvalue weighted by Crippen LogP contribution is 2.35. The molecule has 1 N–H and O–H groups in total. The second-order valence-electron chi connectivity index (χ2n) is 4.43. The zero-order valence-electron chi connectivity index (χ0n) is 9.24. The first-order valence-corrected chi connectivity index (χ1v) is 5.68. The number of aliphatic hydroxyl groups excluding tert-OH is 1. The molecule has 0 saturated heterocycles. The standard InChI is InChI=1S/C12H18OS/c1-9(13)10-7-5-6-8-11(10)14-12(2,3)4/h5-9,13H,1-4H3. The van der Waals surface area contributed by atoms with Gasteiger partial charge in [0.25, 0.3) is 0 Å². The van der Waals surface area contributed by atoms with Crippen molar-refractivity contribution >= 4 is 11.8 Å². The molecule has 0 bridgehead atoms. The zero-order valence-corrected chi connectivity index (χ0v) is 10.1. The number of rotatable bonds is 2. The second kappa shape index (κ2) is 4.37. The van der Waals surface area contributed by atoms with Crippen LogP contribution in [0.15, 0.2) is 29.2 Å². The van der Waals surface area contributed by atoms with Gasteiger partial charge in [0.15, 0.2) is 0 Å². The molecule has 0 radical (unpaired) electrons. The number of hydrogen-bond donors (Lipinski definition) is 1. The lowest BCUT2D eigenvalue weighted by Gasteiger charge is -2.20. The van der Waals surface area contributed by atoms with Crippen LogP contribution in [-0.2, 0) is 0 Å². The molecule has 2 heteroatoms. The maximum Gasteiger partial charge on any atom is 0.0772 e. The van der Waals surface area contributed by atoms with E-state index in [9.17, 15) is 5.11 Å². The van der Waals surface area contributed by atoms with Crippen LogP contribution in [0.5, 0.6) is 0 Å². The van der Waals surface area contributed by atoms with Gasteiger partial charge in [-0.2, -0.15) is 0 Å². The van der Waals surface area contributed by atoms with E-state index in [0.717, 1.165) is 5.56 Å². The Kier molecular flexibility index (Phi) is 3.62. The second-order valence-corrected chi connectivity index (χ2v) is 6.30. The van der Waals surface area contributed by atoms with Crippen molar-refractivity contribution in [2.75, 3.05) is 0 Å². The third kappa shape index (κ3) is 3.35. The number of hydrogen-bond acceptors (Lipinski definition) is 2. The largest absolute Gasteiger partial charge is 0.389 e. The molecule has 78 valence electrons. The molecular formula is C12H18OS. The minimum Gasteiger partial charge on any atom is -0.389 e. The lowest BCUT2D eigenvalue weighted by atomic mass is 10.1. The summed E-state index contributed by atoms with van der Waals surface area (Å²) in [6.45, 7) is 8.34. The summed E-state index contributed by atoms with van der Waals surface area (Å²) in [4.78, 5) is 1.18. The molecule has 0 aliphatic carbocycles. The summed E-state index contributed by atoms with van der Waals surface area (Å²) in [6, 6.07) is 8.03. The van der Waals surface area contributed by atoms with Crippen LogP contribution in [0.3, 0.4) is 0 Å². The molecule has 1 nitrogen and oxygen atoms in total. The van der Waals surface area contributed by atoms with Gasteiger partial charge in [-0.1, -0.05) is 39.0 Å². The SMILES string of the molecule is CC(O)c1ccccc1SC(C)(C)C. The molecule has 1 aromatic carbocycles. The maximum absolute atomic E-state index is 9.59. The average Bonchev–Trinajstić information content (AvgIpc) is 2.01. The van der Waals surface area contributed by atoms with Crippen LogP contribution in [-0.4, -0.2) is 9.85 Å². The van der Waals surface area contributed by atoms with Crippen LogP contribution in [0, 0.1) is 0 Å². The van der Waals surface area contributed by atoms with E-state index in [1.807, 2.05) is 25.1 Å². The van der Waals surface area contributed by atoms with Crippen LogP contribution in [0.2, 0.25) is 0 Å². The highest BCUT2D eigenvalue weighted by Gasteiger charge is 2.15. The van der Waals surface area contributed by atoms with Gasteiger partial charge in [0.1, 0.15) is 0 Å². The highest BCUT2D eigenvalue weighted by atomic mass is 32.2. The van der Waals surface area contributed by atoms with E-state index < -0.39 is 0 Å². The Morgan fingerprint density at radius 2 is 1.79 bits per heavy atom. The van der Waals surface area contributed by atoms with Gasteiger partial charge < -0.3 is 5.11 Å². The van der Waals surface area contributed by atoms with Crippen LogP contribution < -0.4 is 0 Å². The van der Waals surface area contributed by atoms with Crippen LogP contribution in [0.1, 0.15) is 39.4 Å². The van der Waals surface area contributed by atoms with Gasteiger partial charge in [0.2, 0.25) is 0 Å². The van der Waals surface area contributed by atoms with Crippen molar-refractivity contribution in [3.8, 4) is 0 Å². The summed E-state index contributed by atoms with van der Waals surface area (Å²) in [5.74, 6) is 0. The van der Waals surface area contributed by atoms with Crippen LogP contribution in [0.25, 0.3) is 0 Å². The van der Waals surface area contributed by atoms with E-state index in [-0.39, 0.29) is 10.9 Å². The van der Waals surface area contributed by atoms with Crippen LogP contribution >= 0.6 is 11.8 Å². The summed E-state index contributed by atoms with van der Waals surface area (Å²) in [5.41, 5.74) is 1.02. The summed E-state index contributed by atoms with van der Waals surface area (Å²) < 4.78 is 0.186. The van der Waals surface area contributed by atoms with Crippen molar-refractivity contribution in [1.82, 2.24) is 0 Å². The number of aliphatic hydroxyl groups is 1. The van der Waals surface area contributed by atoms with E-state index in [1.165, 1.54) is 4.90 Å². The zero-order chi connectivity index (χ0) is 10.8. The first-order valence-electron chi connectivity index (χ1n) is 4.86. The molecule has 0 saturated carbocycles. The molecule has 1 atom stereocenters. The minimum atomic E-state index is -0.388. The summed E-state index contributed by atoms with van der Waals surface area (Å²) in [6.07, 6.45) is -0.388. The van der Waals surface area contributed by atoms with Crippen molar-refractivity contribution in [2.45, 2.75) is 43.4 Å². The van der Waals surface area contributed by atoms with Crippen molar-refractivity contribution in [2.24, 2.45) is 0 Å². The summed E-state index contributed by atoms with van der Waals surface area (Å²) in [7, 11) is 0. The van der Waals surface area contributed by atoms with E-state index in [0.29, 0.717) is 0 Å². The molecule has 0 aliphatic heterocycles. The fraction of sp³-hybridized carbons (Fsp3) is 0.500. The van der Waals surface area contributed by atoms with E-state index in [1.54, 1.807) is 11.8 Å². The van der Waals surface area contributed by atoms with Crippen molar-refractivity contribution in [1.29, 1.82) is 0 Å². The van der Waals surface area contributed by atoms with Gasteiger partial charge in [-0.05, 0) is 18.6 Å². The predicted octanol–water partition coefficient (Wildman–Crippen LogP) is 3.63. The first-order chi connectivity index (χ1) is 6.40. The van der Waals surface area contributed by atoms with E-state index in [2.05, 4.69) is 26.8 Å². The molecule has 0 amide bonds.